The van der Waals surface area contributed by atoms with Gasteiger partial charge >= 0.3 is 0 Å². The van der Waals surface area contributed by atoms with Crippen LogP contribution in [0.3, 0.4) is 0 Å². The molecule has 1 aromatic heterocycles. The molecule has 0 radical (unpaired) electrons. The Morgan fingerprint density at radius 1 is 1.18 bits per heavy atom. The summed E-state index contributed by atoms with van der Waals surface area (Å²) in [6.45, 7) is 3.08. The van der Waals surface area contributed by atoms with Crippen LogP contribution >= 0.6 is 0 Å². The third kappa shape index (κ3) is 2.97. The predicted molar refractivity (Wildman–Crippen MR) is 67.3 cm³/mol. The summed E-state index contributed by atoms with van der Waals surface area (Å²) in [5.41, 5.74) is 1.22. The average molecular weight is 232 g/mol. The molecule has 2 heterocycles. The highest BCUT2D eigenvalue weighted by molar-refractivity contribution is 5.21. The maximum atomic E-state index is 5.83. The summed E-state index contributed by atoms with van der Waals surface area (Å²) in [7, 11) is 0. The van der Waals surface area contributed by atoms with Gasteiger partial charge in [-0.25, -0.2) is 4.98 Å². The first-order valence-electron chi connectivity index (χ1n) is 6.72. The Balaban J connectivity index is 1.54. The van der Waals surface area contributed by atoms with Crippen LogP contribution in [0.4, 0.5) is 0 Å². The van der Waals surface area contributed by atoms with Crippen molar-refractivity contribution >= 4 is 0 Å². The summed E-state index contributed by atoms with van der Waals surface area (Å²) in [6, 6.07) is 6.17. The van der Waals surface area contributed by atoms with Gasteiger partial charge in [-0.1, -0.05) is 6.07 Å². The lowest BCUT2D eigenvalue weighted by Gasteiger charge is -2.22. The Bertz CT molecular complexity index is 370. The Morgan fingerprint density at radius 3 is 2.76 bits per heavy atom. The van der Waals surface area contributed by atoms with E-state index in [1.54, 1.807) is 0 Å². The molecular weight excluding hydrogens is 212 g/mol. The molecule has 1 aliphatic carbocycles. The van der Waals surface area contributed by atoms with Gasteiger partial charge in [0.1, 0.15) is 0 Å². The van der Waals surface area contributed by atoms with Crippen molar-refractivity contribution in [1.82, 2.24) is 10.3 Å². The highest BCUT2D eigenvalue weighted by atomic mass is 16.5. The molecule has 3 heteroatoms. The lowest BCUT2D eigenvalue weighted by Crippen LogP contribution is -2.30. The van der Waals surface area contributed by atoms with E-state index in [0.717, 1.165) is 25.6 Å². The third-order valence-corrected chi connectivity index (χ3v) is 3.67. The van der Waals surface area contributed by atoms with E-state index < -0.39 is 0 Å². The van der Waals surface area contributed by atoms with Crippen LogP contribution < -0.4 is 10.1 Å². The lowest BCUT2D eigenvalue weighted by molar-refractivity contribution is 0.208. The molecule has 1 aromatic rings. The number of aromatic nitrogens is 1. The van der Waals surface area contributed by atoms with E-state index >= 15 is 0 Å². The van der Waals surface area contributed by atoms with Gasteiger partial charge in [0.2, 0.25) is 5.88 Å². The minimum absolute atomic E-state index is 0.697. The summed E-state index contributed by atoms with van der Waals surface area (Å²) in [6.07, 6.45) is 5.04. The van der Waals surface area contributed by atoms with Gasteiger partial charge < -0.3 is 10.1 Å². The molecule has 92 valence electrons. The quantitative estimate of drug-likeness (QED) is 0.865. The predicted octanol–water partition coefficient (Wildman–Crippen LogP) is 2.34. The standard InChI is InChI=1S/C14H20N2O/c1-2-13(12-4-5-12)16-14(3-1)17-10-11-6-8-15-9-7-11/h1-3,11-12,15H,4-10H2. The topological polar surface area (TPSA) is 34.1 Å². The van der Waals surface area contributed by atoms with Crippen LogP contribution in [-0.2, 0) is 0 Å². The largest absolute Gasteiger partial charge is 0.477 e. The first-order valence-corrected chi connectivity index (χ1v) is 6.72. The maximum Gasteiger partial charge on any atom is 0.213 e. The molecular formula is C14H20N2O. The van der Waals surface area contributed by atoms with E-state index in [4.69, 9.17) is 4.74 Å². The van der Waals surface area contributed by atoms with E-state index in [-0.39, 0.29) is 0 Å². The molecule has 2 fully saturated rings. The minimum atomic E-state index is 0.697. The number of rotatable bonds is 4. The van der Waals surface area contributed by atoms with Gasteiger partial charge in [-0.15, -0.1) is 0 Å². The van der Waals surface area contributed by atoms with Crippen molar-refractivity contribution in [1.29, 1.82) is 0 Å². The van der Waals surface area contributed by atoms with Gasteiger partial charge in [-0.05, 0) is 50.8 Å². The molecule has 17 heavy (non-hydrogen) atoms. The number of pyridine rings is 1. The average Bonchev–Trinajstić information content (AvgIpc) is 3.22. The van der Waals surface area contributed by atoms with E-state index in [0.29, 0.717) is 11.8 Å². The van der Waals surface area contributed by atoms with Crippen LogP contribution in [-0.4, -0.2) is 24.7 Å². The first-order chi connectivity index (χ1) is 8.42. The number of nitrogens with one attached hydrogen (secondary N) is 1. The molecule has 0 unspecified atom stereocenters. The van der Waals surface area contributed by atoms with Crippen molar-refractivity contribution in [2.75, 3.05) is 19.7 Å². The molecule has 3 rings (SSSR count). The molecule has 1 N–H and O–H groups in total. The number of hydrogen-bond acceptors (Lipinski definition) is 3. The highest BCUT2D eigenvalue weighted by Gasteiger charge is 2.25. The fourth-order valence-corrected chi connectivity index (χ4v) is 2.37. The van der Waals surface area contributed by atoms with Gasteiger partial charge in [0.05, 0.1) is 6.61 Å². The SMILES string of the molecule is c1cc(OCC2CCNCC2)nc(C2CC2)c1. The summed E-state index contributed by atoms with van der Waals surface area (Å²) < 4.78 is 5.83. The lowest BCUT2D eigenvalue weighted by atomic mass is 9.99. The van der Waals surface area contributed by atoms with Crippen molar-refractivity contribution in [2.45, 2.75) is 31.6 Å². The van der Waals surface area contributed by atoms with E-state index in [1.807, 2.05) is 6.07 Å². The van der Waals surface area contributed by atoms with Crippen LogP contribution in [0.15, 0.2) is 18.2 Å². The van der Waals surface area contributed by atoms with E-state index in [9.17, 15) is 0 Å². The molecule has 0 amide bonds. The smallest absolute Gasteiger partial charge is 0.213 e. The molecule has 1 saturated heterocycles. The molecule has 2 aliphatic rings. The Morgan fingerprint density at radius 2 is 2.00 bits per heavy atom. The molecule has 1 saturated carbocycles. The van der Waals surface area contributed by atoms with Gasteiger partial charge in [-0.2, -0.15) is 0 Å². The van der Waals surface area contributed by atoms with Crippen molar-refractivity contribution in [3.05, 3.63) is 23.9 Å². The molecule has 0 bridgehead atoms. The van der Waals surface area contributed by atoms with Gasteiger partial charge in [0, 0.05) is 17.7 Å². The second kappa shape index (κ2) is 5.05. The summed E-state index contributed by atoms with van der Waals surface area (Å²) in [5.74, 6) is 2.22. The highest BCUT2D eigenvalue weighted by Crippen LogP contribution is 2.39. The summed E-state index contributed by atoms with van der Waals surface area (Å²) >= 11 is 0. The Labute approximate surface area is 103 Å². The van der Waals surface area contributed by atoms with E-state index in [1.165, 1.54) is 31.4 Å². The number of ether oxygens (including phenoxy) is 1. The van der Waals surface area contributed by atoms with Gasteiger partial charge in [0.25, 0.3) is 0 Å². The second-order valence-corrected chi connectivity index (χ2v) is 5.18. The first kappa shape index (κ1) is 11.0. The van der Waals surface area contributed by atoms with Crippen LogP contribution in [0.2, 0.25) is 0 Å². The van der Waals surface area contributed by atoms with Gasteiger partial charge in [0.15, 0.2) is 0 Å². The fourth-order valence-electron chi connectivity index (χ4n) is 2.37. The zero-order valence-corrected chi connectivity index (χ0v) is 10.2. The molecule has 0 spiro atoms. The van der Waals surface area contributed by atoms with Crippen molar-refractivity contribution in [2.24, 2.45) is 5.92 Å². The van der Waals surface area contributed by atoms with Crippen molar-refractivity contribution in [3.8, 4) is 5.88 Å². The number of nitrogens with zero attached hydrogens (tertiary/aromatic N) is 1. The zero-order chi connectivity index (χ0) is 11.5. The molecule has 0 atom stereocenters. The van der Waals surface area contributed by atoms with Crippen LogP contribution in [0.1, 0.15) is 37.3 Å². The van der Waals surface area contributed by atoms with Crippen LogP contribution in [0, 0.1) is 5.92 Å². The summed E-state index contributed by atoms with van der Waals surface area (Å²) in [5, 5.41) is 3.37. The maximum absolute atomic E-state index is 5.83. The second-order valence-electron chi connectivity index (χ2n) is 5.18. The zero-order valence-electron chi connectivity index (χ0n) is 10.2. The Hall–Kier alpha value is -1.09. The van der Waals surface area contributed by atoms with Crippen molar-refractivity contribution in [3.63, 3.8) is 0 Å². The summed E-state index contributed by atoms with van der Waals surface area (Å²) in [4.78, 5) is 4.58. The Kier molecular flexibility index (Phi) is 3.27. The number of hydrogen-bond donors (Lipinski definition) is 1. The normalized spacial score (nSPS) is 21.4. The molecule has 3 nitrogen and oxygen atoms in total. The fraction of sp³-hybridized carbons (Fsp3) is 0.643. The monoisotopic (exact) mass is 232 g/mol. The van der Waals surface area contributed by atoms with Crippen molar-refractivity contribution < 1.29 is 4.74 Å². The van der Waals surface area contributed by atoms with Gasteiger partial charge in [-0.3, -0.25) is 0 Å². The molecule has 1 aliphatic heterocycles. The number of piperidine rings is 1. The van der Waals surface area contributed by atoms with Crippen LogP contribution in [0.25, 0.3) is 0 Å². The van der Waals surface area contributed by atoms with Crippen LogP contribution in [0.5, 0.6) is 5.88 Å². The third-order valence-electron chi connectivity index (χ3n) is 3.67. The molecule has 0 aromatic carbocycles. The minimum Gasteiger partial charge on any atom is -0.477 e. The van der Waals surface area contributed by atoms with E-state index in [2.05, 4.69) is 22.4 Å².